The van der Waals surface area contributed by atoms with Gasteiger partial charge in [0, 0.05) is 28.7 Å². The lowest BCUT2D eigenvalue weighted by molar-refractivity contribution is 0.137. The van der Waals surface area contributed by atoms with Crippen molar-refractivity contribution in [2.75, 3.05) is 7.11 Å². The van der Waals surface area contributed by atoms with Crippen molar-refractivity contribution in [3.8, 4) is 11.5 Å². The highest BCUT2D eigenvalue weighted by Gasteiger charge is 2.28. The maximum Gasteiger partial charge on any atom is 0.126 e. The lowest BCUT2D eigenvalue weighted by Gasteiger charge is -2.32. The molecule has 1 aliphatic heterocycles. The minimum atomic E-state index is -0.195. The number of nitrogens with one attached hydrogen (secondary N) is 1. The van der Waals surface area contributed by atoms with Crippen LogP contribution < -0.4 is 15.2 Å². The molecule has 0 bridgehead atoms. The van der Waals surface area contributed by atoms with Gasteiger partial charge in [0.15, 0.2) is 0 Å². The topological polar surface area (TPSA) is 60.3 Å². The van der Waals surface area contributed by atoms with Gasteiger partial charge in [-0.3, -0.25) is 0 Å². The molecule has 0 saturated heterocycles. The van der Waals surface area contributed by atoms with Gasteiger partial charge in [-0.05, 0) is 68.0 Å². The number of halogens is 1. The van der Waals surface area contributed by atoms with Crippen LogP contribution in [-0.4, -0.2) is 24.2 Å². The van der Waals surface area contributed by atoms with Crippen molar-refractivity contribution < 1.29 is 13.9 Å². The Morgan fingerprint density at radius 2 is 2.15 bits per heavy atom. The van der Waals surface area contributed by atoms with Crippen molar-refractivity contribution >= 4 is 10.9 Å². The maximum atomic E-state index is 13.5. The van der Waals surface area contributed by atoms with E-state index in [0.717, 1.165) is 65.6 Å². The SMILES string of the molecule is COc1cccc2c1CC(N)C(CCCCc1c[nH]c3ccc(F)cc13)O2. The number of aromatic amines is 1. The molecule has 1 aromatic heterocycles. The fourth-order valence-electron chi connectivity index (χ4n) is 3.96. The van der Waals surface area contributed by atoms with E-state index in [1.54, 1.807) is 19.2 Å². The third-order valence-electron chi connectivity index (χ3n) is 5.42. The molecular formula is C22H25FN2O2. The van der Waals surface area contributed by atoms with Gasteiger partial charge in [0.1, 0.15) is 23.4 Å². The largest absolute Gasteiger partial charge is 0.496 e. The molecule has 1 aliphatic rings. The number of hydrogen-bond acceptors (Lipinski definition) is 3. The lowest BCUT2D eigenvalue weighted by atomic mass is 9.93. The summed E-state index contributed by atoms with van der Waals surface area (Å²) in [6.07, 6.45) is 6.62. The predicted molar refractivity (Wildman–Crippen MR) is 105 cm³/mol. The van der Waals surface area contributed by atoms with Crippen LogP contribution in [-0.2, 0) is 12.8 Å². The van der Waals surface area contributed by atoms with E-state index >= 15 is 0 Å². The molecule has 0 spiro atoms. The van der Waals surface area contributed by atoms with Crippen molar-refractivity contribution in [1.29, 1.82) is 0 Å². The number of hydrogen-bond donors (Lipinski definition) is 2. The van der Waals surface area contributed by atoms with E-state index in [0.29, 0.717) is 0 Å². The average Bonchev–Trinajstić information content (AvgIpc) is 3.07. The van der Waals surface area contributed by atoms with Gasteiger partial charge >= 0.3 is 0 Å². The Hall–Kier alpha value is -2.53. The number of aryl methyl sites for hydroxylation is 1. The Balaban J connectivity index is 1.34. The smallest absolute Gasteiger partial charge is 0.126 e. The summed E-state index contributed by atoms with van der Waals surface area (Å²) in [5.41, 5.74) is 9.56. The van der Waals surface area contributed by atoms with Gasteiger partial charge in [0.05, 0.1) is 7.11 Å². The number of aromatic nitrogens is 1. The fourth-order valence-corrected chi connectivity index (χ4v) is 3.96. The Kier molecular flexibility index (Phi) is 5.03. The number of H-pyrrole nitrogens is 1. The van der Waals surface area contributed by atoms with Crippen molar-refractivity contribution in [3.05, 3.63) is 59.5 Å². The number of fused-ring (bicyclic) bond motifs is 2. The molecule has 0 aliphatic carbocycles. The first kappa shape index (κ1) is 17.9. The first-order valence-electron chi connectivity index (χ1n) is 9.49. The summed E-state index contributed by atoms with van der Waals surface area (Å²) < 4.78 is 25.1. The van der Waals surface area contributed by atoms with E-state index < -0.39 is 0 Å². The van der Waals surface area contributed by atoms with Crippen LogP contribution in [0.5, 0.6) is 11.5 Å². The summed E-state index contributed by atoms with van der Waals surface area (Å²) in [6.45, 7) is 0. The Bertz CT molecular complexity index is 937. The third kappa shape index (κ3) is 3.65. The zero-order valence-corrected chi connectivity index (χ0v) is 15.5. The van der Waals surface area contributed by atoms with Crippen LogP contribution in [0, 0.1) is 5.82 Å². The van der Waals surface area contributed by atoms with E-state index in [1.807, 2.05) is 24.4 Å². The van der Waals surface area contributed by atoms with Crippen LogP contribution >= 0.6 is 0 Å². The molecule has 4 rings (SSSR count). The molecule has 0 radical (unpaired) electrons. The minimum absolute atomic E-state index is 0.0185. The van der Waals surface area contributed by atoms with Crippen molar-refractivity contribution in [3.63, 3.8) is 0 Å². The van der Waals surface area contributed by atoms with Gasteiger partial charge in [-0.25, -0.2) is 4.39 Å². The quantitative estimate of drug-likeness (QED) is 0.636. The van der Waals surface area contributed by atoms with E-state index in [4.69, 9.17) is 15.2 Å². The lowest BCUT2D eigenvalue weighted by Crippen LogP contribution is -2.43. The first-order chi connectivity index (χ1) is 13.2. The summed E-state index contributed by atoms with van der Waals surface area (Å²) in [4.78, 5) is 3.21. The molecule has 2 unspecified atom stereocenters. The number of ether oxygens (including phenoxy) is 2. The summed E-state index contributed by atoms with van der Waals surface area (Å²) in [5, 5.41) is 0.974. The van der Waals surface area contributed by atoms with Crippen molar-refractivity contribution in [2.24, 2.45) is 5.73 Å². The molecule has 0 amide bonds. The van der Waals surface area contributed by atoms with Crippen LogP contribution in [0.3, 0.4) is 0 Å². The van der Waals surface area contributed by atoms with Crippen LogP contribution in [0.25, 0.3) is 10.9 Å². The Morgan fingerprint density at radius 3 is 3.00 bits per heavy atom. The molecule has 142 valence electrons. The van der Waals surface area contributed by atoms with Crippen molar-refractivity contribution in [1.82, 2.24) is 4.98 Å². The minimum Gasteiger partial charge on any atom is -0.496 e. The summed E-state index contributed by atoms with van der Waals surface area (Å²) in [5.74, 6) is 1.53. The molecular weight excluding hydrogens is 343 g/mol. The molecule has 4 nitrogen and oxygen atoms in total. The molecule has 3 N–H and O–H groups in total. The van der Waals surface area contributed by atoms with Gasteiger partial charge in [0.25, 0.3) is 0 Å². The monoisotopic (exact) mass is 368 g/mol. The van der Waals surface area contributed by atoms with Gasteiger partial charge in [-0.15, -0.1) is 0 Å². The standard InChI is InChI=1S/C22H25FN2O2/c1-26-20-7-4-8-21-17(20)12-18(24)22(27-21)6-3-2-5-14-13-25-19-10-9-15(23)11-16(14)19/h4,7-11,13,18,22,25H,2-3,5-6,12,24H2,1H3. The predicted octanol–water partition coefficient (Wildman–Crippen LogP) is 4.36. The van der Waals surface area contributed by atoms with E-state index in [1.165, 1.54) is 6.07 Å². The molecule has 27 heavy (non-hydrogen) atoms. The molecule has 2 aromatic carbocycles. The normalized spacial score (nSPS) is 18.9. The van der Waals surface area contributed by atoms with Crippen LogP contribution in [0.1, 0.15) is 30.4 Å². The number of unbranched alkanes of at least 4 members (excludes halogenated alkanes) is 1. The van der Waals surface area contributed by atoms with Gasteiger partial charge in [-0.2, -0.15) is 0 Å². The molecule has 3 aromatic rings. The van der Waals surface area contributed by atoms with Crippen molar-refractivity contribution in [2.45, 2.75) is 44.2 Å². The van der Waals surface area contributed by atoms with E-state index in [9.17, 15) is 4.39 Å². The second-order valence-electron chi connectivity index (χ2n) is 7.21. The van der Waals surface area contributed by atoms with E-state index in [-0.39, 0.29) is 18.0 Å². The summed E-state index contributed by atoms with van der Waals surface area (Å²) in [6, 6.07) is 10.7. The molecule has 0 fully saturated rings. The van der Waals surface area contributed by atoms with Gasteiger partial charge in [0.2, 0.25) is 0 Å². The van der Waals surface area contributed by atoms with Crippen LogP contribution in [0.2, 0.25) is 0 Å². The zero-order valence-electron chi connectivity index (χ0n) is 15.5. The highest BCUT2D eigenvalue weighted by molar-refractivity contribution is 5.83. The second-order valence-corrected chi connectivity index (χ2v) is 7.21. The van der Waals surface area contributed by atoms with Gasteiger partial charge < -0.3 is 20.2 Å². The summed E-state index contributed by atoms with van der Waals surface area (Å²) in [7, 11) is 1.67. The molecule has 2 heterocycles. The second kappa shape index (κ2) is 7.61. The average molecular weight is 368 g/mol. The van der Waals surface area contributed by atoms with Crippen LogP contribution in [0.4, 0.5) is 4.39 Å². The molecule has 0 saturated carbocycles. The third-order valence-corrected chi connectivity index (χ3v) is 5.42. The number of benzene rings is 2. The number of rotatable bonds is 6. The zero-order chi connectivity index (χ0) is 18.8. The Labute approximate surface area is 158 Å². The molecule has 5 heteroatoms. The summed E-state index contributed by atoms with van der Waals surface area (Å²) >= 11 is 0. The van der Waals surface area contributed by atoms with E-state index in [2.05, 4.69) is 4.98 Å². The molecule has 2 atom stereocenters. The number of methoxy groups -OCH3 is 1. The Morgan fingerprint density at radius 1 is 1.26 bits per heavy atom. The fraction of sp³-hybridized carbons (Fsp3) is 0.364. The maximum absolute atomic E-state index is 13.5. The number of nitrogens with two attached hydrogens (primary N) is 1. The van der Waals surface area contributed by atoms with Gasteiger partial charge in [-0.1, -0.05) is 6.07 Å². The first-order valence-corrected chi connectivity index (χ1v) is 9.49. The highest BCUT2D eigenvalue weighted by Crippen LogP contribution is 2.35. The highest BCUT2D eigenvalue weighted by atomic mass is 19.1. The van der Waals surface area contributed by atoms with Crippen LogP contribution in [0.15, 0.2) is 42.6 Å².